The number of benzene rings is 1. The number of amidine groups is 1. The number of esters is 1. The van der Waals surface area contributed by atoms with Gasteiger partial charge in [0, 0.05) is 12.7 Å². The highest BCUT2D eigenvalue weighted by atomic mass is 32.2. The van der Waals surface area contributed by atoms with E-state index in [2.05, 4.69) is 9.71 Å². The smallest absolute Gasteiger partial charge is 0.342 e. The molecule has 0 aromatic heterocycles. The molecule has 30 heavy (non-hydrogen) atoms. The molecule has 1 atom stereocenters. The maximum Gasteiger partial charge on any atom is 0.342 e. The standard InChI is InChI=1S/C19H18N4O6S/c1-12(18(25)23-11-16(24)20-14-6-2-3-7-15(14)23)29-19(26)13-5-4-8-22-9-10-30(27,28)21-17(13)22/h2-8,12H,9-11H2,1H3,(H,20,24)/t12-/m0/s1. The highest BCUT2D eigenvalue weighted by Gasteiger charge is 2.35. The monoisotopic (exact) mass is 430 g/mol. The number of carbonyl (C=O) groups is 3. The number of amides is 2. The summed E-state index contributed by atoms with van der Waals surface area (Å²) in [5, 5.41) is 2.68. The van der Waals surface area contributed by atoms with Gasteiger partial charge in [-0.3, -0.25) is 14.5 Å². The van der Waals surface area contributed by atoms with Crippen molar-refractivity contribution in [3.8, 4) is 0 Å². The third-order valence-electron chi connectivity index (χ3n) is 4.75. The van der Waals surface area contributed by atoms with Gasteiger partial charge in [0.15, 0.2) is 11.9 Å². The first-order valence-electron chi connectivity index (χ1n) is 9.14. The summed E-state index contributed by atoms with van der Waals surface area (Å²) in [7, 11) is -3.68. The van der Waals surface area contributed by atoms with Gasteiger partial charge in [0.2, 0.25) is 5.91 Å². The number of nitrogens with one attached hydrogen (secondary N) is 1. The lowest BCUT2D eigenvalue weighted by Gasteiger charge is -2.31. The maximum absolute atomic E-state index is 12.9. The number of ether oxygens (including phenoxy) is 1. The van der Waals surface area contributed by atoms with Crippen LogP contribution < -0.4 is 10.2 Å². The van der Waals surface area contributed by atoms with Crippen LogP contribution in [0.3, 0.4) is 0 Å². The molecule has 2 amide bonds. The summed E-state index contributed by atoms with van der Waals surface area (Å²) >= 11 is 0. The summed E-state index contributed by atoms with van der Waals surface area (Å²) in [6, 6.07) is 6.79. The molecule has 0 spiro atoms. The van der Waals surface area contributed by atoms with E-state index in [-0.39, 0.29) is 36.2 Å². The quantitative estimate of drug-likeness (QED) is 0.688. The molecule has 3 heterocycles. The second kappa shape index (κ2) is 7.41. The van der Waals surface area contributed by atoms with Gasteiger partial charge in [0.25, 0.3) is 15.9 Å². The summed E-state index contributed by atoms with van der Waals surface area (Å²) in [6.45, 7) is 1.35. The summed E-state index contributed by atoms with van der Waals surface area (Å²) < 4.78 is 32.7. The molecule has 11 heteroatoms. The highest BCUT2D eigenvalue weighted by Crippen LogP contribution is 2.29. The Kier molecular flexibility index (Phi) is 4.90. The van der Waals surface area contributed by atoms with Crippen molar-refractivity contribution in [3.05, 3.63) is 48.2 Å². The molecule has 1 aromatic rings. The number of para-hydroxylation sites is 2. The zero-order chi connectivity index (χ0) is 21.5. The van der Waals surface area contributed by atoms with Gasteiger partial charge in [0.05, 0.1) is 17.1 Å². The predicted octanol–water partition coefficient (Wildman–Crippen LogP) is 0.401. The Bertz CT molecular complexity index is 1140. The van der Waals surface area contributed by atoms with E-state index in [1.807, 2.05) is 0 Å². The molecule has 0 saturated heterocycles. The number of hydrogen-bond acceptors (Lipinski definition) is 7. The minimum Gasteiger partial charge on any atom is -0.449 e. The number of nitrogens with zero attached hydrogens (tertiary/aromatic N) is 3. The van der Waals surface area contributed by atoms with Gasteiger partial charge in [-0.1, -0.05) is 12.1 Å². The van der Waals surface area contributed by atoms with Gasteiger partial charge in [0.1, 0.15) is 12.1 Å². The van der Waals surface area contributed by atoms with Crippen LogP contribution in [0.4, 0.5) is 11.4 Å². The van der Waals surface area contributed by atoms with Crippen LogP contribution in [-0.4, -0.2) is 61.9 Å². The van der Waals surface area contributed by atoms with Crippen LogP contribution in [0.2, 0.25) is 0 Å². The lowest BCUT2D eigenvalue weighted by Crippen LogP contribution is -2.47. The summed E-state index contributed by atoms with van der Waals surface area (Å²) in [4.78, 5) is 40.3. The fourth-order valence-corrected chi connectivity index (χ4v) is 4.28. The Morgan fingerprint density at radius 2 is 2.03 bits per heavy atom. The second-order valence-corrected chi connectivity index (χ2v) is 8.61. The fraction of sp³-hybridized carbons (Fsp3) is 0.263. The van der Waals surface area contributed by atoms with E-state index < -0.39 is 28.0 Å². The van der Waals surface area contributed by atoms with Crippen LogP contribution in [0.15, 0.2) is 52.6 Å². The number of sulfonamides is 1. The molecule has 156 valence electrons. The molecule has 0 fully saturated rings. The number of fused-ring (bicyclic) bond motifs is 2. The molecular weight excluding hydrogens is 412 g/mol. The first-order chi connectivity index (χ1) is 14.2. The lowest BCUT2D eigenvalue weighted by molar-refractivity contribution is -0.149. The molecule has 1 aromatic carbocycles. The summed E-state index contributed by atoms with van der Waals surface area (Å²) in [5.74, 6) is -2.01. The number of allylic oxidation sites excluding steroid dienone is 2. The van der Waals surface area contributed by atoms with Gasteiger partial charge in [-0.05, 0) is 31.2 Å². The second-order valence-electron chi connectivity index (χ2n) is 6.85. The van der Waals surface area contributed by atoms with Crippen LogP contribution >= 0.6 is 0 Å². The first-order valence-corrected chi connectivity index (χ1v) is 10.8. The van der Waals surface area contributed by atoms with Crippen molar-refractivity contribution in [2.45, 2.75) is 13.0 Å². The predicted molar refractivity (Wildman–Crippen MR) is 108 cm³/mol. The first kappa shape index (κ1) is 19.8. The SMILES string of the molecule is C[C@H](OC(=O)C1=CC=CN2CCS(=O)(=O)N=C12)C(=O)N1CC(=O)Nc2ccccc21. The topological polar surface area (TPSA) is 125 Å². The normalized spacial score (nSPS) is 20.2. The van der Waals surface area contributed by atoms with Crippen molar-refractivity contribution >= 4 is 45.0 Å². The molecule has 0 bridgehead atoms. The number of carbonyl (C=O) groups excluding carboxylic acids is 3. The van der Waals surface area contributed by atoms with Gasteiger partial charge in [-0.25, -0.2) is 13.2 Å². The Morgan fingerprint density at radius 1 is 1.27 bits per heavy atom. The van der Waals surface area contributed by atoms with Crippen LogP contribution in [0.1, 0.15) is 6.92 Å². The van der Waals surface area contributed by atoms with E-state index in [0.717, 1.165) is 0 Å². The Balaban J connectivity index is 1.54. The van der Waals surface area contributed by atoms with Crippen molar-refractivity contribution in [3.63, 3.8) is 0 Å². The fourth-order valence-electron chi connectivity index (χ4n) is 3.30. The van der Waals surface area contributed by atoms with Gasteiger partial charge in [-0.2, -0.15) is 0 Å². The highest BCUT2D eigenvalue weighted by molar-refractivity contribution is 7.90. The van der Waals surface area contributed by atoms with Gasteiger partial charge >= 0.3 is 5.97 Å². The molecule has 1 N–H and O–H groups in total. The van der Waals surface area contributed by atoms with E-state index in [0.29, 0.717) is 11.4 Å². The molecule has 4 rings (SSSR count). The van der Waals surface area contributed by atoms with E-state index in [9.17, 15) is 22.8 Å². The minimum atomic E-state index is -3.68. The van der Waals surface area contributed by atoms with Crippen LogP contribution in [0.5, 0.6) is 0 Å². The third kappa shape index (κ3) is 3.71. The molecule has 0 radical (unpaired) electrons. The lowest BCUT2D eigenvalue weighted by atomic mass is 10.1. The van der Waals surface area contributed by atoms with Crippen LogP contribution in [0.25, 0.3) is 0 Å². The molecule has 0 saturated carbocycles. The molecule has 3 aliphatic rings. The zero-order valence-electron chi connectivity index (χ0n) is 15.9. The largest absolute Gasteiger partial charge is 0.449 e. The molecule has 3 aliphatic heterocycles. The molecular formula is C19H18N4O6S. The Labute approximate surface area is 172 Å². The van der Waals surface area contributed by atoms with Crippen LogP contribution in [-0.2, 0) is 29.1 Å². The minimum absolute atomic E-state index is 0.0314. The zero-order valence-corrected chi connectivity index (χ0v) is 16.8. The van der Waals surface area contributed by atoms with Crippen molar-refractivity contribution in [1.82, 2.24) is 4.90 Å². The van der Waals surface area contributed by atoms with Crippen molar-refractivity contribution < 1.29 is 27.5 Å². The van der Waals surface area contributed by atoms with Gasteiger partial charge < -0.3 is 15.0 Å². The van der Waals surface area contributed by atoms with Crippen molar-refractivity contribution in [2.24, 2.45) is 4.40 Å². The maximum atomic E-state index is 12.9. The molecule has 0 aliphatic carbocycles. The van der Waals surface area contributed by atoms with E-state index >= 15 is 0 Å². The number of rotatable bonds is 3. The molecule has 0 unspecified atom stereocenters. The van der Waals surface area contributed by atoms with Crippen molar-refractivity contribution in [2.75, 3.05) is 29.1 Å². The number of anilines is 2. The number of hydrogen-bond donors (Lipinski definition) is 1. The third-order valence-corrected chi connectivity index (χ3v) is 5.90. The average Bonchev–Trinajstić information content (AvgIpc) is 2.71. The Hall–Kier alpha value is -3.47. The Morgan fingerprint density at radius 3 is 2.83 bits per heavy atom. The van der Waals surface area contributed by atoms with Crippen molar-refractivity contribution in [1.29, 1.82) is 0 Å². The van der Waals surface area contributed by atoms with Gasteiger partial charge in [-0.15, -0.1) is 4.40 Å². The van der Waals surface area contributed by atoms with E-state index in [4.69, 9.17) is 4.74 Å². The molecule has 10 nitrogen and oxygen atoms in total. The van der Waals surface area contributed by atoms with E-state index in [1.165, 1.54) is 22.8 Å². The average molecular weight is 430 g/mol. The summed E-state index contributed by atoms with van der Waals surface area (Å²) in [6.07, 6.45) is 3.37. The van der Waals surface area contributed by atoms with Crippen LogP contribution in [0, 0.1) is 0 Å². The van der Waals surface area contributed by atoms with E-state index in [1.54, 1.807) is 36.5 Å². The summed E-state index contributed by atoms with van der Waals surface area (Å²) in [5.41, 5.74) is 0.925.